The smallest absolute Gasteiger partial charge is 0.259 e. The molecule has 0 aliphatic heterocycles. The lowest BCUT2D eigenvalue weighted by atomic mass is 10.3. The Labute approximate surface area is 115 Å². The monoisotopic (exact) mass is 332 g/mol. The number of hydrogen-bond acceptors (Lipinski definition) is 3. The van der Waals surface area contributed by atoms with Crippen molar-refractivity contribution in [3.63, 3.8) is 0 Å². The fourth-order valence-corrected chi connectivity index (χ4v) is 2.12. The minimum atomic E-state index is -0.738. The van der Waals surface area contributed by atoms with Crippen LogP contribution in [0.5, 0.6) is 5.75 Å². The van der Waals surface area contributed by atoms with Gasteiger partial charge in [0.1, 0.15) is 16.0 Å². The summed E-state index contributed by atoms with van der Waals surface area (Å²) in [7, 11) is 0. The molecule has 0 saturated heterocycles. The highest BCUT2D eigenvalue weighted by Crippen LogP contribution is 2.27. The molecule has 0 aliphatic carbocycles. The highest BCUT2D eigenvalue weighted by Gasteiger charge is 2.17. The molecule has 0 saturated carbocycles. The molecule has 0 atom stereocenters. The van der Waals surface area contributed by atoms with Crippen molar-refractivity contribution in [3.05, 3.63) is 49.8 Å². The fraction of sp³-hybridized carbons (Fsp3) is 0.0909. The van der Waals surface area contributed by atoms with E-state index in [1.807, 2.05) is 0 Å². The second kappa shape index (κ2) is 4.70. The van der Waals surface area contributed by atoms with Crippen LogP contribution in [-0.4, -0.2) is 14.7 Å². The summed E-state index contributed by atoms with van der Waals surface area (Å²) in [6, 6.07) is 2.32. The zero-order valence-electron chi connectivity index (χ0n) is 9.12. The molecule has 0 unspecified atom stereocenters. The van der Waals surface area contributed by atoms with Gasteiger partial charge < -0.3 is 5.11 Å². The second-order valence-corrected chi connectivity index (χ2v) is 4.75. The average Bonchev–Trinajstić information content (AvgIpc) is 2.27. The molecular weight excluding hydrogens is 326 g/mol. The summed E-state index contributed by atoms with van der Waals surface area (Å²) in [5, 5.41) is 9.30. The number of hydrogen-bond donors (Lipinski definition) is 1. The number of rotatable bonds is 1. The minimum Gasteiger partial charge on any atom is -0.508 e. The van der Waals surface area contributed by atoms with Crippen molar-refractivity contribution in [2.75, 3.05) is 0 Å². The van der Waals surface area contributed by atoms with Gasteiger partial charge in [-0.25, -0.2) is 9.37 Å². The maximum atomic E-state index is 14.0. The van der Waals surface area contributed by atoms with E-state index in [9.17, 15) is 14.3 Å². The first-order valence-electron chi connectivity index (χ1n) is 4.84. The molecule has 4 nitrogen and oxygen atoms in total. The Bertz CT molecular complexity index is 687. The topological polar surface area (TPSA) is 55.1 Å². The van der Waals surface area contributed by atoms with E-state index in [0.717, 1.165) is 10.6 Å². The van der Waals surface area contributed by atoms with E-state index in [-0.39, 0.29) is 21.1 Å². The maximum absolute atomic E-state index is 14.0. The van der Waals surface area contributed by atoms with Gasteiger partial charge in [-0.2, -0.15) is 0 Å². The van der Waals surface area contributed by atoms with Crippen molar-refractivity contribution in [2.45, 2.75) is 6.92 Å². The van der Waals surface area contributed by atoms with Gasteiger partial charge in [-0.15, -0.1) is 0 Å². The summed E-state index contributed by atoms with van der Waals surface area (Å²) in [6.45, 7) is 1.56. The van der Waals surface area contributed by atoms with E-state index in [1.54, 1.807) is 6.92 Å². The van der Waals surface area contributed by atoms with Gasteiger partial charge in [0.15, 0.2) is 5.82 Å². The van der Waals surface area contributed by atoms with Gasteiger partial charge in [-0.3, -0.25) is 9.36 Å². The summed E-state index contributed by atoms with van der Waals surface area (Å²) in [5.41, 5.74) is -0.314. The van der Waals surface area contributed by atoms with Crippen LogP contribution in [0.4, 0.5) is 4.39 Å². The van der Waals surface area contributed by atoms with Gasteiger partial charge in [0.05, 0.1) is 5.02 Å². The molecule has 18 heavy (non-hydrogen) atoms. The number of nitrogens with zero attached hydrogens (tertiary/aromatic N) is 2. The van der Waals surface area contributed by atoms with Gasteiger partial charge in [0, 0.05) is 18.0 Å². The van der Waals surface area contributed by atoms with E-state index in [2.05, 4.69) is 20.9 Å². The SMILES string of the molecule is Cc1cc(O)cc(=O)n1-c1c(Cl)cnc(Br)c1F. The van der Waals surface area contributed by atoms with Gasteiger partial charge in [-0.05, 0) is 28.9 Å². The minimum absolute atomic E-state index is 0.00610. The molecule has 2 rings (SSSR count). The van der Waals surface area contributed by atoms with E-state index in [4.69, 9.17) is 11.6 Å². The van der Waals surface area contributed by atoms with Gasteiger partial charge >= 0.3 is 0 Å². The quantitative estimate of drug-likeness (QED) is 0.817. The van der Waals surface area contributed by atoms with Crippen molar-refractivity contribution in [3.8, 4) is 11.4 Å². The molecule has 2 heterocycles. The van der Waals surface area contributed by atoms with Crippen molar-refractivity contribution in [1.29, 1.82) is 0 Å². The Morgan fingerprint density at radius 3 is 2.78 bits per heavy atom. The fourth-order valence-electron chi connectivity index (χ4n) is 1.61. The Morgan fingerprint density at radius 1 is 1.50 bits per heavy atom. The largest absolute Gasteiger partial charge is 0.508 e. The van der Waals surface area contributed by atoms with E-state index < -0.39 is 11.4 Å². The molecule has 0 aromatic carbocycles. The van der Waals surface area contributed by atoms with Gasteiger partial charge in [-0.1, -0.05) is 11.6 Å². The number of aromatic hydroxyl groups is 1. The van der Waals surface area contributed by atoms with Crippen LogP contribution in [0.25, 0.3) is 5.69 Å². The lowest BCUT2D eigenvalue weighted by Crippen LogP contribution is -2.21. The van der Waals surface area contributed by atoms with Crippen LogP contribution in [-0.2, 0) is 0 Å². The molecule has 0 amide bonds. The molecule has 2 aromatic rings. The molecule has 1 N–H and O–H groups in total. The highest BCUT2D eigenvalue weighted by molar-refractivity contribution is 9.10. The predicted molar refractivity (Wildman–Crippen MR) is 68.9 cm³/mol. The Hall–Kier alpha value is -1.40. The third-order valence-corrected chi connectivity index (χ3v) is 3.16. The van der Waals surface area contributed by atoms with Crippen LogP contribution in [0.1, 0.15) is 5.69 Å². The van der Waals surface area contributed by atoms with Crippen molar-refractivity contribution < 1.29 is 9.50 Å². The van der Waals surface area contributed by atoms with Crippen LogP contribution in [0, 0.1) is 12.7 Å². The van der Waals surface area contributed by atoms with Crippen molar-refractivity contribution in [2.24, 2.45) is 0 Å². The Morgan fingerprint density at radius 2 is 2.17 bits per heavy atom. The zero-order valence-corrected chi connectivity index (χ0v) is 11.5. The van der Waals surface area contributed by atoms with Crippen LogP contribution >= 0.6 is 27.5 Å². The van der Waals surface area contributed by atoms with Crippen LogP contribution in [0.15, 0.2) is 27.7 Å². The summed E-state index contributed by atoms with van der Waals surface area (Å²) in [5.74, 6) is -0.920. The average molecular weight is 334 g/mol. The summed E-state index contributed by atoms with van der Waals surface area (Å²) in [6.07, 6.45) is 1.24. The first kappa shape index (κ1) is 13.0. The van der Waals surface area contributed by atoms with Crippen LogP contribution in [0.2, 0.25) is 5.02 Å². The molecule has 0 bridgehead atoms. The van der Waals surface area contributed by atoms with Gasteiger partial charge in [0.2, 0.25) is 0 Å². The molecule has 2 aromatic heterocycles. The summed E-state index contributed by atoms with van der Waals surface area (Å²) < 4.78 is 15.0. The first-order chi connectivity index (χ1) is 8.41. The van der Waals surface area contributed by atoms with Crippen molar-refractivity contribution in [1.82, 2.24) is 9.55 Å². The molecule has 7 heteroatoms. The van der Waals surface area contributed by atoms with Crippen LogP contribution < -0.4 is 5.56 Å². The van der Waals surface area contributed by atoms with E-state index in [1.165, 1.54) is 12.3 Å². The number of pyridine rings is 2. The maximum Gasteiger partial charge on any atom is 0.259 e. The van der Waals surface area contributed by atoms with E-state index in [0.29, 0.717) is 5.69 Å². The molecular formula is C11H7BrClFN2O2. The molecule has 0 fully saturated rings. The third kappa shape index (κ3) is 2.13. The second-order valence-electron chi connectivity index (χ2n) is 3.59. The molecule has 0 spiro atoms. The molecule has 94 valence electrons. The molecule has 0 aliphatic rings. The third-order valence-electron chi connectivity index (χ3n) is 2.33. The normalized spacial score (nSPS) is 10.7. The predicted octanol–water partition coefficient (Wildman–Crippen LogP) is 2.80. The number of halogens is 3. The standard InChI is InChI=1S/C11H7BrClFN2O2/c1-5-2-6(17)3-8(18)16(5)10-7(13)4-15-11(12)9(10)14/h2-4,17H,1H3. The lowest BCUT2D eigenvalue weighted by Gasteiger charge is -2.12. The Kier molecular flexibility index (Phi) is 3.41. The number of aromatic nitrogens is 2. The van der Waals surface area contributed by atoms with Gasteiger partial charge in [0.25, 0.3) is 5.56 Å². The number of aryl methyl sites for hydroxylation is 1. The lowest BCUT2D eigenvalue weighted by molar-refractivity contribution is 0.471. The van der Waals surface area contributed by atoms with Crippen molar-refractivity contribution >= 4 is 27.5 Å². The summed E-state index contributed by atoms with van der Waals surface area (Å²) in [4.78, 5) is 15.5. The summed E-state index contributed by atoms with van der Waals surface area (Å²) >= 11 is 8.81. The Balaban J connectivity index is 2.86. The van der Waals surface area contributed by atoms with Crippen LogP contribution in [0.3, 0.4) is 0 Å². The zero-order chi connectivity index (χ0) is 13.4. The molecule has 0 radical (unpaired) electrons. The first-order valence-corrected chi connectivity index (χ1v) is 6.01. The highest BCUT2D eigenvalue weighted by atomic mass is 79.9. The van der Waals surface area contributed by atoms with E-state index >= 15 is 0 Å².